The predicted octanol–water partition coefficient (Wildman–Crippen LogP) is 1.91. The van der Waals surface area contributed by atoms with Crippen LogP contribution in [0, 0.1) is 0 Å². The van der Waals surface area contributed by atoms with Crippen molar-refractivity contribution in [3.63, 3.8) is 0 Å². The Hall–Kier alpha value is -1.12. The molecule has 0 aliphatic carbocycles. The summed E-state index contributed by atoms with van der Waals surface area (Å²) in [6.45, 7) is 0.509. The van der Waals surface area contributed by atoms with Gasteiger partial charge < -0.3 is 10.3 Å². The summed E-state index contributed by atoms with van der Waals surface area (Å²) in [5.41, 5.74) is 1.26. The lowest BCUT2D eigenvalue weighted by Crippen LogP contribution is -2.24. The average Bonchev–Trinajstić information content (AvgIpc) is 2.94. The van der Waals surface area contributed by atoms with Gasteiger partial charge in [-0.05, 0) is 24.7 Å². The molecule has 0 unspecified atom stereocenters. The van der Waals surface area contributed by atoms with Crippen molar-refractivity contribution in [1.29, 1.82) is 0 Å². The third kappa shape index (κ3) is 3.96. The zero-order chi connectivity index (χ0) is 15.5. The monoisotopic (exact) mass is 348 g/mol. The molecular formula is C12H14Cl2N4O2S. The van der Waals surface area contributed by atoms with Crippen molar-refractivity contribution >= 4 is 33.2 Å². The molecule has 2 rings (SSSR count). The second-order valence-electron chi connectivity index (χ2n) is 4.31. The first-order valence-electron chi connectivity index (χ1n) is 6.03. The Labute approximate surface area is 132 Å². The van der Waals surface area contributed by atoms with E-state index in [0.29, 0.717) is 22.8 Å². The summed E-state index contributed by atoms with van der Waals surface area (Å²) in [7, 11) is -2.03. The van der Waals surface area contributed by atoms with Crippen molar-refractivity contribution < 1.29 is 8.42 Å². The maximum Gasteiger partial charge on any atom is 0.242 e. The molecule has 0 saturated heterocycles. The van der Waals surface area contributed by atoms with Crippen molar-refractivity contribution in [2.45, 2.75) is 18.0 Å². The first-order chi connectivity index (χ1) is 9.94. The van der Waals surface area contributed by atoms with Gasteiger partial charge in [0, 0.05) is 23.5 Å². The van der Waals surface area contributed by atoms with Crippen LogP contribution >= 0.6 is 23.2 Å². The van der Waals surface area contributed by atoms with E-state index in [-0.39, 0.29) is 16.5 Å². The van der Waals surface area contributed by atoms with Crippen LogP contribution in [0.25, 0.3) is 0 Å². The van der Waals surface area contributed by atoms with Crippen molar-refractivity contribution in [2.75, 3.05) is 7.05 Å². The van der Waals surface area contributed by atoms with Gasteiger partial charge in [0.25, 0.3) is 0 Å². The van der Waals surface area contributed by atoms with Crippen LogP contribution in [0.5, 0.6) is 0 Å². The Morgan fingerprint density at radius 3 is 2.67 bits per heavy atom. The van der Waals surface area contributed by atoms with E-state index in [1.165, 1.54) is 18.6 Å². The van der Waals surface area contributed by atoms with E-state index in [1.807, 2.05) is 0 Å². The number of nitrogens with one attached hydrogen (secondary N) is 3. The van der Waals surface area contributed by atoms with Crippen molar-refractivity contribution in [2.24, 2.45) is 0 Å². The summed E-state index contributed by atoms with van der Waals surface area (Å²) >= 11 is 12.1. The van der Waals surface area contributed by atoms with Crippen LogP contribution in [-0.2, 0) is 23.1 Å². The lowest BCUT2D eigenvalue weighted by molar-refractivity contribution is 0.580. The third-order valence-corrected chi connectivity index (χ3v) is 4.95. The van der Waals surface area contributed by atoms with Crippen LogP contribution in [0.3, 0.4) is 0 Å². The highest BCUT2D eigenvalue weighted by atomic mass is 35.5. The van der Waals surface area contributed by atoms with Gasteiger partial charge in [-0.25, -0.2) is 18.1 Å². The number of benzene rings is 1. The van der Waals surface area contributed by atoms with Gasteiger partial charge in [-0.15, -0.1) is 0 Å². The summed E-state index contributed by atoms with van der Waals surface area (Å²) in [6.07, 6.45) is 3.01. The highest BCUT2D eigenvalue weighted by molar-refractivity contribution is 7.89. The molecule has 0 radical (unpaired) electrons. The van der Waals surface area contributed by atoms with Crippen LogP contribution in [0.2, 0.25) is 10.0 Å². The van der Waals surface area contributed by atoms with Gasteiger partial charge in [0.1, 0.15) is 4.90 Å². The Morgan fingerprint density at radius 1 is 1.29 bits per heavy atom. The number of sulfonamides is 1. The Morgan fingerprint density at radius 2 is 2.05 bits per heavy atom. The van der Waals surface area contributed by atoms with Gasteiger partial charge in [-0.3, -0.25) is 0 Å². The fraction of sp³-hybridized carbons (Fsp3) is 0.250. The third-order valence-electron chi connectivity index (χ3n) is 2.74. The van der Waals surface area contributed by atoms with Gasteiger partial charge >= 0.3 is 0 Å². The summed E-state index contributed by atoms with van der Waals surface area (Å²) in [6, 6.07) is 2.96. The summed E-state index contributed by atoms with van der Waals surface area (Å²) < 4.78 is 27.1. The number of hydrogen-bond acceptors (Lipinski definition) is 4. The molecule has 6 nitrogen and oxygen atoms in total. The average molecular weight is 349 g/mol. The van der Waals surface area contributed by atoms with E-state index in [0.717, 1.165) is 0 Å². The smallest absolute Gasteiger partial charge is 0.242 e. The van der Waals surface area contributed by atoms with Crippen molar-refractivity contribution in [1.82, 2.24) is 20.0 Å². The molecule has 0 spiro atoms. The van der Waals surface area contributed by atoms with E-state index in [4.69, 9.17) is 23.2 Å². The molecule has 0 atom stereocenters. The Bertz CT molecular complexity index is 717. The fourth-order valence-corrected chi connectivity index (χ4v) is 3.70. The van der Waals surface area contributed by atoms with Crippen LogP contribution < -0.4 is 10.0 Å². The molecule has 2 aromatic rings. The number of imidazole rings is 1. The number of nitrogens with zero attached hydrogens (tertiary/aromatic N) is 1. The molecule has 1 aromatic carbocycles. The molecule has 0 amide bonds. The highest BCUT2D eigenvalue weighted by Crippen LogP contribution is 2.29. The number of aromatic amines is 1. The highest BCUT2D eigenvalue weighted by Gasteiger charge is 2.21. The van der Waals surface area contributed by atoms with Gasteiger partial charge in [0.05, 0.1) is 17.9 Å². The SMILES string of the molecule is CNCc1cc(Cl)cc(S(=O)(=O)NCc2cnc[nH]2)c1Cl. The summed E-state index contributed by atoms with van der Waals surface area (Å²) in [4.78, 5) is 6.59. The molecule has 114 valence electrons. The first kappa shape index (κ1) is 16.3. The molecule has 0 bridgehead atoms. The molecule has 3 N–H and O–H groups in total. The van der Waals surface area contributed by atoms with Crippen molar-refractivity contribution in [3.8, 4) is 0 Å². The zero-order valence-corrected chi connectivity index (χ0v) is 13.5. The topological polar surface area (TPSA) is 86.9 Å². The summed E-state index contributed by atoms with van der Waals surface area (Å²) in [5, 5.41) is 3.38. The van der Waals surface area contributed by atoms with Crippen LogP contribution in [0.15, 0.2) is 29.6 Å². The summed E-state index contributed by atoms with van der Waals surface area (Å²) in [5.74, 6) is 0. The lowest BCUT2D eigenvalue weighted by atomic mass is 10.2. The molecule has 1 heterocycles. The van der Waals surface area contributed by atoms with E-state index in [1.54, 1.807) is 13.1 Å². The molecule has 0 fully saturated rings. The number of rotatable bonds is 6. The van der Waals surface area contributed by atoms with E-state index >= 15 is 0 Å². The van der Waals surface area contributed by atoms with E-state index < -0.39 is 10.0 Å². The Kier molecular flexibility index (Phi) is 5.23. The Balaban J connectivity index is 2.30. The standard InChI is InChI=1S/C12H14Cl2N4O2S/c1-15-4-8-2-9(13)3-11(12(8)14)21(19,20)18-6-10-5-16-7-17-10/h2-3,5,7,15,18H,4,6H2,1H3,(H,16,17). The number of H-pyrrole nitrogens is 1. The largest absolute Gasteiger partial charge is 0.347 e. The van der Waals surface area contributed by atoms with E-state index in [2.05, 4.69) is 20.0 Å². The molecular weight excluding hydrogens is 335 g/mol. The maximum atomic E-state index is 12.3. The minimum Gasteiger partial charge on any atom is -0.347 e. The molecule has 0 aliphatic heterocycles. The second-order valence-corrected chi connectivity index (χ2v) is 6.86. The van der Waals surface area contributed by atoms with Crippen LogP contribution in [0.1, 0.15) is 11.3 Å². The first-order valence-corrected chi connectivity index (χ1v) is 8.27. The van der Waals surface area contributed by atoms with Crippen LogP contribution in [0.4, 0.5) is 0 Å². The van der Waals surface area contributed by atoms with Gasteiger partial charge in [-0.1, -0.05) is 23.2 Å². The fourth-order valence-electron chi connectivity index (χ4n) is 1.76. The normalized spacial score (nSPS) is 11.8. The number of aromatic nitrogens is 2. The molecule has 9 heteroatoms. The molecule has 0 saturated carbocycles. The number of halogens is 2. The maximum absolute atomic E-state index is 12.3. The molecule has 21 heavy (non-hydrogen) atoms. The zero-order valence-electron chi connectivity index (χ0n) is 11.2. The lowest BCUT2D eigenvalue weighted by Gasteiger charge is -2.12. The quantitative estimate of drug-likeness (QED) is 0.744. The van der Waals surface area contributed by atoms with Crippen molar-refractivity contribution in [3.05, 3.63) is 46.0 Å². The van der Waals surface area contributed by atoms with Gasteiger partial charge in [-0.2, -0.15) is 0 Å². The van der Waals surface area contributed by atoms with Crippen LogP contribution in [-0.4, -0.2) is 25.4 Å². The minimum absolute atomic E-state index is 0.0403. The molecule has 0 aliphatic rings. The second kappa shape index (κ2) is 6.76. The van der Waals surface area contributed by atoms with Gasteiger partial charge in [0.2, 0.25) is 10.0 Å². The predicted molar refractivity (Wildman–Crippen MR) is 81.8 cm³/mol. The number of hydrogen-bond donors (Lipinski definition) is 3. The van der Waals surface area contributed by atoms with E-state index in [9.17, 15) is 8.42 Å². The minimum atomic E-state index is -3.77. The van der Waals surface area contributed by atoms with Gasteiger partial charge in [0.15, 0.2) is 0 Å². The molecule has 1 aromatic heterocycles.